The topological polar surface area (TPSA) is 145 Å². The summed E-state index contributed by atoms with van der Waals surface area (Å²) in [6.45, 7) is 12.2. The van der Waals surface area contributed by atoms with E-state index in [9.17, 15) is 24.8 Å². The molecule has 0 saturated carbocycles. The number of aryl methyl sites for hydroxylation is 1. The largest absolute Gasteiger partial charge is 0.388 e. The molecule has 4 unspecified atom stereocenters. The van der Waals surface area contributed by atoms with Crippen LogP contribution in [0.3, 0.4) is 0 Å². The summed E-state index contributed by atoms with van der Waals surface area (Å²) >= 11 is 5.50. The Morgan fingerprint density at radius 2 is 1.80 bits per heavy atom. The van der Waals surface area contributed by atoms with E-state index in [0.29, 0.717) is 17.8 Å². The predicted molar refractivity (Wildman–Crippen MR) is 135 cm³/mol. The van der Waals surface area contributed by atoms with Gasteiger partial charge >= 0.3 is 7.60 Å². The minimum atomic E-state index is -4.42. The van der Waals surface area contributed by atoms with Crippen molar-refractivity contribution in [1.29, 1.82) is 0 Å². The van der Waals surface area contributed by atoms with Crippen LogP contribution in [0.5, 0.6) is 0 Å². The van der Waals surface area contributed by atoms with E-state index in [1.165, 1.54) is 6.92 Å². The minimum absolute atomic E-state index is 0.0153. The molecule has 0 aromatic rings. The summed E-state index contributed by atoms with van der Waals surface area (Å²) in [5, 5.41) is 30.1. The summed E-state index contributed by atoms with van der Waals surface area (Å²) in [7, 11) is -4.42. The van der Waals surface area contributed by atoms with Crippen molar-refractivity contribution in [3.8, 4) is 11.4 Å². The van der Waals surface area contributed by atoms with Crippen LogP contribution in [0.25, 0.3) is 11.4 Å². The van der Waals surface area contributed by atoms with Gasteiger partial charge in [-0.3, -0.25) is 4.57 Å². The average molecular weight is 529 g/mol. The lowest BCUT2D eigenvalue weighted by atomic mass is 9.92. The molecule has 3 rings (SSSR count). The maximum atomic E-state index is 12.8. The van der Waals surface area contributed by atoms with E-state index in [4.69, 9.17) is 21.5 Å². The van der Waals surface area contributed by atoms with E-state index in [1.807, 2.05) is 26.8 Å². The van der Waals surface area contributed by atoms with Crippen LogP contribution in [-0.4, -0.2) is 59.4 Å². The zero-order chi connectivity index (χ0) is 26.5. The molecule has 3 heterocycles. The van der Waals surface area contributed by atoms with Crippen molar-refractivity contribution >= 4 is 19.8 Å². The van der Waals surface area contributed by atoms with Gasteiger partial charge in [0.05, 0.1) is 11.7 Å². The molecule has 0 spiro atoms. The molecule has 7 atom stereocenters. The van der Waals surface area contributed by atoms with Crippen LogP contribution < -0.4 is 0 Å². The van der Waals surface area contributed by atoms with Crippen molar-refractivity contribution < 1.29 is 34.0 Å². The zero-order valence-corrected chi connectivity index (χ0v) is 23.0. The summed E-state index contributed by atoms with van der Waals surface area (Å²) in [5.41, 5.74) is 3.22. The lowest BCUT2D eigenvalue weighted by Gasteiger charge is -2.37. The SMILES string of the molecule is CCC(C)(C[C@H]1O[C@@H](c2cc3c(C)c(C)c(C)[nH]c-3nc2=S)[C@@H](O)C1O)OP(=O)(O)C(C)(O)CC. The van der Waals surface area contributed by atoms with E-state index < -0.39 is 43.0 Å². The molecule has 0 amide bonds. The summed E-state index contributed by atoms with van der Waals surface area (Å²) in [6, 6.07) is 1.84. The Morgan fingerprint density at radius 1 is 1.17 bits per heavy atom. The minimum Gasteiger partial charge on any atom is -0.388 e. The Hall–Kier alpha value is -1.23. The van der Waals surface area contributed by atoms with Gasteiger partial charge in [0.2, 0.25) is 0 Å². The van der Waals surface area contributed by atoms with Gasteiger partial charge in [-0.25, -0.2) is 4.98 Å². The van der Waals surface area contributed by atoms with Crippen molar-refractivity contribution in [1.82, 2.24) is 9.97 Å². The van der Waals surface area contributed by atoms with Gasteiger partial charge < -0.3 is 34.5 Å². The van der Waals surface area contributed by atoms with Crippen LogP contribution in [0, 0.1) is 25.4 Å². The second-order valence-electron chi connectivity index (χ2n) is 10.0. The standard InChI is InChI=1S/C24H37N2O7PS/c1-8-23(6,33-34(30,31)24(7,29)9-2)11-17-18(27)19(28)20(32-17)16-10-15-13(4)12(3)14(5)25-21(15)26-22(16)35/h10,17-20,27-29H,8-9,11H2,1-7H3,(H,30,31)(H,25,26,35)/t17-,18?,19+,20+,23?,24?/m1/s1. The Kier molecular flexibility index (Phi) is 8.03. The number of nitrogens with one attached hydrogen (secondary N) is 1. The van der Waals surface area contributed by atoms with Gasteiger partial charge in [0.25, 0.3) is 0 Å². The van der Waals surface area contributed by atoms with Crippen molar-refractivity contribution in [2.45, 2.75) is 103 Å². The van der Waals surface area contributed by atoms with E-state index in [2.05, 4.69) is 9.97 Å². The maximum absolute atomic E-state index is 12.8. The third-order valence-electron chi connectivity index (χ3n) is 7.52. The first-order chi connectivity index (χ1) is 16.1. The third kappa shape index (κ3) is 5.26. The molecule has 0 radical (unpaired) electrons. The highest BCUT2D eigenvalue weighted by Gasteiger charge is 2.50. The van der Waals surface area contributed by atoms with E-state index >= 15 is 0 Å². The number of aromatic nitrogens is 2. The number of nitrogens with zero attached hydrogens (tertiary/aromatic N) is 1. The highest BCUT2D eigenvalue weighted by atomic mass is 32.1. The van der Waals surface area contributed by atoms with Gasteiger partial charge in [-0.1, -0.05) is 26.1 Å². The smallest absolute Gasteiger partial charge is 0.359 e. The summed E-state index contributed by atoms with van der Waals surface area (Å²) < 4.78 is 24.7. The summed E-state index contributed by atoms with van der Waals surface area (Å²) in [6.07, 6.45) is -4.04. The Bertz CT molecular complexity index is 1170. The third-order valence-corrected chi connectivity index (χ3v) is 10.1. The zero-order valence-electron chi connectivity index (χ0n) is 21.3. The number of hydrogen-bond acceptors (Lipinski definition) is 8. The number of pyridine rings is 2. The molecule has 3 aliphatic heterocycles. The molecule has 0 aliphatic carbocycles. The highest BCUT2D eigenvalue weighted by Crippen LogP contribution is 2.59. The number of aliphatic hydroxyl groups is 3. The number of ether oxygens (including phenoxy) is 1. The van der Waals surface area contributed by atoms with Gasteiger partial charge in [0.1, 0.15) is 28.8 Å². The Balaban J connectivity index is 1.92. The summed E-state index contributed by atoms with van der Waals surface area (Å²) in [4.78, 5) is 18.2. The molecule has 11 heteroatoms. The molecule has 3 aliphatic rings. The molecule has 35 heavy (non-hydrogen) atoms. The second-order valence-corrected chi connectivity index (χ2v) is 12.6. The molecular weight excluding hydrogens is 491 g/mol. The van der Waals surface area contributed by atoms with Crippen LogP contribution in [0.2, 0.25) is 0 Å². The first-order valence-corrected chi connectivity index (χ1v) is 13.8. The van der Waals surface area contributed by atoms with E-state index in [1.54, 1.807) is 20.8 Å². The number of rotatable bonds is 8. The van der Waals surface area contributed by atoms with Gasteiger partial charge in [-0.15, -0.1) is 0 Å². The summed E-state index contributed by atoms with van der Waals surface area (Å²) in [5.74, 6) is 0.637. The van der Waals surface area contributed by atoms with Crippen LogP contribution in [0.1, 0.15) is 75.4 Å². The number of aromatic amines is 1. The van der Waals surface area contributed by atoms with E-state index in [-0.39, 0.29) is 17.5 Å². The fraction of sp³-hybridized carbons (Fsp3) is 0.667. The van der Waals surface area contributed by atoms with Crippen molar-refractivity contribution in [2.75, 3.05) is 0 Å². The maximum Gasteiger partial charge on any atom is 0.359 e. The van der Waals surface area contributed by atoms with Crippen molar-refractivity contribution in [2.24, 2.45) is 0 Å². The first-order valence-electron chi connectivity index (χ1n) is 11.9. The normalized spacial score (nSPS) is 28.0. The molecular formula is C24H37N2O7PS. The Morgan fingerprint density at radius 3 is 2.37 bits per heavy atom. The van der Waals surface area contributed by atoms with Gasteiger partial charge in [0.15, 0.2) is 5.34 Å². The molecule has 5 N–H and O–H groups in total. The van der Waals surface area contributed by atoms with Crippen molar-refractivity contribution in [3.63, 3.8) is 0 Å². The lowest BCUT2D eigenvalue weighted by molar-refractivity contribution is -0.0532. The number of H-pyrrole nitrogens is 1. The monoisotopic (exact) mass is 528 g/mol. The van der Waals surface area contributed by atoms with Crippen LogP contribution in [0.15, 0.2) is 6.07 Å². The van der Waals surface area contributed by atoms with Gasteiger partial charge in [0, 0.05) is 23.2 Å². The molecule has 196 valence electrons. The van der Waals surface area contributed by atoms with Gasteiger partial charge in [-0.2, -0.15) is 0 Å². The molecule has 9 nitrogen and oxygen atoms in total. The fourth-order valence-corrected chi connectivity index (χ4v) is 5.96. The molecule has 0 aromatic heterocycles. The lowest BCUT2D eigenvalue weighted by Crippen LogP contribution is -2.40. The second kappa shape index (κ2) is 9.91. The fourth-order valence-electron chi connectivity index (χ4n) is 4.29. The molecule has 0 bridgehead atoms. The van der Waals surface area contributed by atoms with Crippen LogP contribution >= 0.6 is 19.8 Å². The number of fused-ring (bicyclic) bond motifs is 1. The van der Waals surface area contributed by atoms with Crippen molar-refractivity contribution in [3.05, 3.63) is 33.1 Å². The Labute approximate surface area is 211 Å². The van der Waals surface area contributed by atoms with Crippen LogP contribution in [-0.2, 0) is 13.8 Å². The van der Waals surface area contributed by atoms with Gasteiger partial charge in [-0.05, 0) is 64.7 Å². The highest BCUT2D eigenvalue weighted by molar-refractivity contribution is 7.71. The first kappa shape index (κ1) is 28.3. The molecule has 1 saturated heterocycles. The predicted octanol–water partition coefficient (Wildman–Crippen LogP) is 4.21. The molecule has 0 aromatic carbocycles. The number of aliphatic hydroxyl groups excluding tert-OH is 2. The number of hydrogen-bond donors (Lipinski definition) is 5. The molecule has 1 fully saturated rings. The van der Waals surface area contributed by atoms with E-state index in [0.717, 1.165) is 22.4 Å². The average Bonchev–Trinajstić information content (AvgIpc) is 3.04. The quantitative estimate of drug-likeness (QED) is 0.251. The van der Waals surface area contributed by atoms with Crippen LogP contribution in [0.4, 0.5) is 0 Å².